The third-order valence-electron chi connectivity index (χ3n) is 4.64. The van der Waals surface area contributed by atoms with E-state index in [1.807, 2.05) is 18.2 Å². The predicted octanol–water partition coefficient (Wildman–Crippen LogP) is 3.10. The van der Waals surface area contributed by atoms with Gasteiger partial charge in [0.05, 0.1) is 0 Å². The molecule has 0 spiro atoms. The highest BCUT2D eigenvalue weighted by molar-refractivity contribution is 5.95. The van der Waals surface area contributed by atoms with E-state index in [0.29, 0.717) is 12.0 Å². The molecule has 0 aromatic heterocycles. The Morgan fingerprint density at radius 2 is 2.05 bits per heavy atom. The Labute approximate surface area is 128 Å². The second-order valence-corrected chi connectivity index (χ2v) is 5.88. The molecule has 1 saturated heterocycles. The number of nitrogens with zero attached hydrogens (tertiary/aromatic N) is 1. The van der Waals surface area contributed by atoms with E-state index in [0.717, 1.165) is 50.0 Å². The van der Waals surface area contributed by atoms with Crippen LogP contribution in [0.1, 0.15) is 49.5 Å². The molecule has 1 aliphatic heterocycles. The second-order valence-electron chi connectivity index (χ2n) is 5.88. The summed E-state index contributed by atoms with van der Waals surface area (Å²) in [4.78, 5) is 14.9. The van der Waals surface area contributed by atoms with Crippen LogP contribution in [0.3, 0.4) is 0 Å². The first-order valence-corrected chi connectivity index (χ1v) is 8.31. The first-order valence-electron chi connectivity index (χ1n) is 8.31. The number of hydrogen-bond donors (Lipinski definition) is 1. The van der Waals surface area contributed by atoms with E-state index in [4.69, 9.17) is 0 Å². The van der Waals surface area contributed by atoms with Crippen molar-refractivity contribution >= 4 is 5.91 Å². The third kappa shape index (κ3) is 3.65. The molecule has 0 saturated carbocycles. The van der Waals surface area contributed by atoms with Crippen molar-refractivity contribution in [2.45, 2.75) is 46.1 Å². The molecule has 3 nitrogen and oxygen atoms in total. The molecular weight excluding hydrogens is 260 g/mol. The van der Waals surface area contributed by atoms with Crippen molar-refractivity contribution in [3.05, 3.63) is 35.4 Å². The van der Waals surface area contributed by atoms with Crippen molar-refractivity contribution in [2.24, 2.45) is 5.92 Å². The maximum absolute atomic E-state index is 12.8. The first kappa shape index (κ1) is 16.0. The Bertz CT molecular complexity index is 472. The minimum atomic E-state index is 0.209. The zero-order valence-electron chi connectivity index (χ0n) is 13.6. The van der Waals surface area contributed by atoms with Crippen LogP contribution in [0, 0.1) is 5.92 Å². The van der Waals surface area contributed by atoms with E-state index >= 15 is 0 Å². The lowest BCUT2D eigenvalue weighted by Gasteiger charge is -2.39. The second kappa shape index (κ2) is 7.60. The lowest BCUT2D eigenvalue weighted by molar-refractivity contribution is 0.0627. The molecule has 21 heavy (non-hydrogen) atoms. The van der Waals surface area contributed by atoms with E-state index < -0.39 is 0 Å². The quantitative estimate of drug-likeness (QED) is 0.903. The molecule has 1 aromatic carbocycles. The summed E-state index contributed by atoms with van der Waals surface area (Å²) in [5, 5.41) is 3.57. The van der Waals surface area contributed by atoms with Gasteiger partial charge in [0.25, 0.3) is 5.91 Å². The fourth-order valence-electron chi connectivity index (χ4n) is 3.37. The van der Waals surface area contributed by atoms with Crippen LogP contribution in [-0.2, 0) is 6.42 Å². The zero-order valence-corrected chi connectivity index (χ0v) is 13.6. The summed E-state index contributed by atoms with van der Waals surface area (Å²) in [5.41, 5.74) is 2.04. The zero-order chi connectivity index (χ0) is 15.2. The maximum Gasteiger partial charge on any atom is 0.254 e. The maximum atomic E-state index is 12.8. The highest BCUT2D eigenvalue weighted by atomic mass is 16.2. The summed E-state index contributed by atoms with van der Waals surface area (Å²) in [6.07, 6.45) is 3.09. The van der Waals surface area contributed by atoms with E-state index in [2.05, 4.69) is 37.1 Å². The summed E-state index contributed by atoms with van der Waals surface area (Å²) in [7, 11) is 0. The number of rotatable bonds is 5. The van der Waals surface area contributed by atoms with Gasteiger partial charge >= 0.3 is 0 Å². The molecular formula is C18H28N2O. The summed E-state index contributed by atoms with van der Waals surface area (Å²) >= 11 is 0. The van der Waals surface area contributed by atoms with Gasteiger partial charge in [-0.15, -0.1) is 0 Å². The van der Waals surface area contributed by atoms with Crippen LogP contribution >= 0.6 is 0 Å². The van der Waals surface area contributed by atoms with Gasteiger partial charge in [0, 0.05) is 24.7 Å². The number of aryl methyl sites for hydroxylation is 1. The normalized spacial score (nSPS) is 22.3. The molecule has 2 rings (SSSR count). The van der Waals surface area contributed by atoms with Crippen LogP contribution < -0.4 is 5.32 Å². The van der Waals surface area contributed by atoms with E-state index in [1.54, 1.807) is 0 Å². The topological polar surface area (TPSA) is 32.3 Å². The predicted molar refractivity (Wildman–Crippen MR) is 87.6 cm³/mol. The molecule has 1 N–H and O–H groups in total. The average Bonchev–Trinajstić information content (AvgIpc) is 2.54. The first-order chi connectivity index (χ1) is 10.2. The number of benzene rings is 1. The SMILES string of the molecule is CCNC1CCN(C(=O)c2ccccc2CC)CC1CC. The lowest BCUT2D eigenvalue weighted by atomic mass is 9.89. The van der Waals surface area contributed by atoms with Crippen molar-refractivity contribution in [1.82, 2.24) is 10.2 Å². The molecule has 1 heterocycles. The number of hydrogen-bond acceptors (Lipinski definition) is 2. The fraction of sp³-hybridized carbons (Fsp3) is 0.611. The fourth-order valence-corrected chi connectivity index (χ4v) is 3.37. The van der Waals surface area contributed by atoms with Crippen molar-refractivity contribution < 1.29 is 4.79 Å². The van der Waals surface area contributed by atoms with Crippen molar-refractivity contribution in [1.29, 1.82) is 0 Å². The Hall–Kier alpha value is -1.35. The summed E-state index contributed by atoms with van der Waals surface area (Å²) in [6.45, 7) is 9.24. The molecule has 1 aromatic rings. The van der Waals surface area contributed by atoms with Crippen LogP contribution in [-0.4, -0.2) is 36.5 Å². The standard InChI is InChI=1S/C18H28N2O/c1-4-14-9-7-8-10-16(14)18(21)20-12-11-17(19-6-3)15(5-2)13-20/h7-10,15,17,19H,4-6,11-13H2,1-3H3. The molecule has 3 heteroatoms. The number of amides is 1. The summed E-state index contributed by atoms with van der Waals surface area (Å²) in [5.74, 6) is 0.775. The van der Waals surface area contributed by atoms with Gasteiger partial charge in [-0.05, 0) is 36.9 Å². The van der Waals surface area contributed by atoms with Crippen LogP contribution in [0.5, 0.6) is 0 Å². The smallest absolute Gasteiger partial charge is 0.254 e. The van der Waals surface area contributed by atoms with Gasteiger partial charge in [0.15, 0.2) is 0 Å². The highest BCUT2D eigenvalue weighted by Crippen LogP contribution is 2.23. The van der Waals surface area contributed by atoms with Crippen LogP contribution in [0.15, 0.2) is 24.3 Å². The van der Waals surface area contributed by atoms with Crippen LogP contribution in [0.2, 0.25) is 0 Å². The molecule has 2 unspecified atom stereocenters. The molecule has 0 aliphatic carbocycles. The Morgan fingerprint density at radius 3 is 2.71 bits per heavy atom. The highest BCUT2D eigenvalue weighted by Gasteiger charge is 2.30. The summed E-state index contributed by atoms with van der Waals surface area (Å²) in [6, 6.07) is 8.58. The Morgan fingerprint density at radius 1 is 1.29 bits per heavy atom. The number of carbonyl (C=O) groups is 1. The van der Waals surface area contributed by atoms with E-state index in [1.165, 1.54) is 0 Å². The van der Waals surface area contributed by atoms with Crippen LogP contribution in [0.4, 0.5) is 0 Å². The molecule has 2 atom stereocenters. The van der Waals surface area contributed by atoms with Crippen LogP contribution in [0.25, 0.3) is 0 Å². The number of carbonyl (C=O) groups excluding carboxylic acids is 1. The Balaban J connectivity index is 2.10. The molecule has 1 aliphatic rings. The van der Waals surface area contributed by atoms with Gasteiger partial charge in [0.2, 0.25) is 0 Å². The minimum Gasteiger partial charge on any atom is -0.338 e. The monoisotopic (exact) mass is 288 g/mol. The van der Waals surface area contributed by atoms with Crippen molar-refractivity contribution in [3.63, 3.8) is 0 Å². The van der Waals surface area contributed by atoms with Crippen molar-refractivity contribution in [2.75, 3.05) is 19.6 Å². The Kier molecular flexibility index (Phi) is 5.80. The van der Waals surface area contributed by atoms with Gasteiger partial charge < -0.3 is 10.2 Å². The third-order valence-corrected chi connectivity index (χ3v) is 4.64. The van der Waals surface area contributed by atoms with E-state index in [9.17, 15) is 4.79 Å². The molecule has 116 valence electrons. The lowest BCUT2D eigenvalue weighted by Crippen LogP contribution is -2.51. The van der Waals surface area contributed by atoms with Gasteiger partial charge in [-0.3, -0.25) is 4.79 Å². The van der Waals surface area contributed by atoms with Gasteiger partial charge in [-0.25, -0.2) is 0 Å². The number of likely N-dealkylation sites (tertiary alicyclic amines) is 1. The van der Waals surface area contributed by atoms with Gasteiger partial charge in [-0.1, -0.05) is 45.4 Å². The number of piperidine rings is 1. The largest absolute Gasteiger partial charge is 0.338 e. The summed E-state index contributed by atoms with van der Waals surface area (Å²) < 4.78 is 0. The molecule has 0 bridgehead atoms. The van der Waals surface area contributed by atoms with Gasteiger partial charge in [-0.2, -0.15) is 0 Å². The van der Waals surface area contributed by atoms with Gasteiger partial charge in [0.1, 0.15) is 0 Å². The average molecular weight is 288 g/mol. The molecule has 1 fully saturated rings. The van der Waals surface area contributed by atoms with Crippen molar-refractivity contribution in [3.8, 4) is 0 Å². The number of nitrogens with one attached hydrogen (secondary N) is 1. The minimum absolute atomic E-state index is 0.209. The molecule has 1 amide bonds. The van der Waals surface area contributed by atoms with E-state index in [-0.39, 0.29) is 5.91 Å². The molecule has 0 radical (unpaired) electrons.